The van der Waals surface area contributed by atoms with E-state index in [0.29, 0.717) is 11.6 Å². The smallest absolute Gasteiger partial charge is 0.335 e. The Labute approximate surface area is 196 Å². The normalized spacial score (nSPS) is 32.1. The van der Waals surface area contributed by atoms with Crippen LogP contribution in [0.2, 0.25) is 0 Å². The third-order valence-electron chi connectivity index (χ3n) is 7.43. The van der Waals surface area contributed by atoms with Crippen LogP contribution in [-0.4, -0.2) is 96.4 Å². The molecular weight excluding hydrogens is 444 g/mol. The number of aliphatic hydroxyl groups is 3. The SMILES string of the molecule is CCN1CCC(c2nn(C)c3nc(O[C@@H]4O[C@H](C(=O)O)[C@H](O)[C@H](O)[C@H]4O)c4c(c23)CCCC4)C1. The number of likely N-dealkylation sites (tertiary alicyclic amines) is 1. The monoisotopic (exact) mass is 476 g/mol. The minimum atomic E-state index is -1.77. The van der Waals surface area contributed by atoms with Gasteiger partial charge in [0.2, 0.25) is 12.2 Å². The quantitative estimate of drug-likeness (QED) is 0.462. The van der Waals surface area contributed by atoms with E-state index in [4.69, 9.17) is 19.6 Å². The summed E-state index contributed by atoms with van der Waals surface area (Å²) in [4.78, 5) is 18.6. The lowest BCUT2D eigenvalue weighted by atomic mass is 9.88. The summed E-state index contributed by atoms with van der Waals surface area (Å²) in [6.45, 7) is 5.19. The molecule has 2 saturated heterocycles. The summed E-state index contributed by atoms with van der Waals surface area (Å²) in [7, 11) is 1.84. The van der Waals surface area contributed by atoms with E-state index in [-0.39, 0.29) is 5.88 Å². The van der Waals surface area contributed by atoms with Crippen molar-refractivity contribution in [1.29, 1.82) is 0 Å². The van der Waals surface area contributed by atoms with E-state index in [1.54, 1.807) is 4.68 Å². The molecule has 2 fully saturated rings. The number of aliphatic carboxylic acids is 1. The fourth-order valence-corrected chi connectivity index (χ4v) is 5.52. The van der Waals surface area contributed by atoms with Gasteiger partial charge in [0, 0.05) is 30.5 Å². The Morgan fingerprint density at radius 2 is 1.88 bits per heavy atom. The number of ether oxygens (including phenoxy) is 2. The van der Waals surface area contributed by atoms with Gasteiger partial charge in [-0.2, -0.15) is 10.1 Å². The molecule has 4 heterocycles. The molecule has 1 unspecified atom stereocenters. The molecule has 0 amide bonds. The zero-order chi connectivity index (χ0) is 24.1. The molecule has 0 bridgehead atoms. The molecule has 1 aliphatic carbocycles. The zero-order valence-corrected chi connectivity index (χ0v) is 19.4. The first kappa shape index (κ1) is 23.4. The van der Waals surface area contributed by atoms with Gasteiger partial charge in [-0.25, -0.2) is 4.79 Å². The van der Waals surface area contributed by atoms with Crippen molar-refractivity contribution < 1.29 is 34.7 Å². The summed E-state index contributed by atoms with van der Waals surface area (Å²) < 4.78 is 13.0. The number of aromatic nitrogens is 3. The van der Waals surface area contributed by atoms with Crippen LogP contribution in [0.3, 0.4) is 0 Å². The van der Waals surface area contributed by atoms with Gasteiger partial charge in [-0.1, -0.05) is 6.92 Å². The molecule has 11 heteroatoms. The van der Waals surface area contributed by atoms with Gasteiger partial charge in [-0.15, -0.1) is 0 Å². The summed E-state index contributed by atoms with van der Waals surface area (Å²) in [5, 5.41) is 45.8. The minimum absolute atomic E-state index is 0.245. The fourth-order valence-electron chi connectivity index (χ4n) is 5.52. The Morgan fingerprint density at radius 1 is 1.15 bits per heavy atom. The van der Waals surface area contributed by atoms with Gasteiger partial charge in [0.15, 0.2) is 11.8 Å². The molecule has 0 spiro atoms. The van der Waals surface area contributed by atoms with Crippen molar-refractivity contribution in [3.05, 3.63) is 16.8 Å². The van der Waals surface area contributed by atoms with Crippen LogP contribution in [0.1, 0.15) is 48.9 Å². The molecule has 34 heavy (non-hydrogen) atoms. The van der Waals surface area contributed by atoms with Gasteiger partial charge in [0.25, 0.3) is 0 Å². The Morgan fingerprint density at radius 3 is 2.56 bits per heavy atom. The Kier molecular flexibility index (Phi) is 6.23. The average molecular weight is 477 g/mol. The number of likely N-dealkylation sites (N-methyl/N-ethyl adjacent to an activating group) is 1. The van der Waals surface area contributed by atoms with Gasteiger partial charge < -0.3 is 34.8 Å². The standard InChI is InChI=1S/C23H32N4O7/c1-3-27-9-8-11(10-27)15-14-12-6-4-5-7-13(12)21(24-20(14)26(2)25-15)34-23-18(30)16(28)17(29)19(33-23)22(31)32/h11,16-19,23,28-30H,3-10H2,1-2H3,(H,31,32)/t11?,16-,17+,18+,19-,23-/m0/s1. The van der Waals surface area contributed by atoms with E-state index in [1.807, 2.05) is 7.05 Å². The molecule has 5 rings (SSSR count). The number of aryl methyl sites for hydroxylation is 2. The molecule has 0 aromatic carbocycles. The maximum Gasteiger partial charge on any atom is 0.335 e. The fraction of sp³-hybridized carbons (Fsp3) is 0.696. The second-order valence-corrected chi connectivity index (χ2v) is 9.52. The summed E-state index contributed by atoms with van der Waals surface area (Å²) >= 11 is 0. The first-order valence-corrected chi connectivity index (χ1v) is 12.0. The van der Waals surface area contributed by atoms with Crippen molar-refractivity contribution in [2.24, 2.45) is 7.05 Å². The number of carboxylic acids is 1. The van der Waals surface area contributed by atoms with E-state index >= 15 is 0 Å². The van der Waals surface area contributed by atoms with Crippen LogP contribution in [0.5, 0.6) is 5.88 Å². The largest absolute Gasteiger partial charge is 0.479 e. The molecule has 3 aliphatic rings. The molecule has 0 radical (unpaired) electrons. The Balaban J connectivity index is 1.54. The van der Waals surface area contributed by atoms with Gasteiger partial charge in [0.05, 0.1) is 5.69 Å². The summed E-state index contributed by atoms with van der Waals surface area (Å²) in [5.74, 6) is -0.874. The summed E-state index contributed by atoms with van der Waals surface area (Å²) in [6.07, 6.45) is -3.75. The second-order valence-electron chi connectivity index (χ2n) is 9.52. The van der Waals surface area contributed by atoms with E-state index < -0.39 is 36.7 Å². The highest BCUT2D eigenvalue weighted by atomic mass is 16.7. The number of hydrogen-bond acceptors (Lipinski definition) is 9. The predicted molar refractivity (Wildman–Crippen MR) is 120 cm³/mol. The number of hydrogen-bond donors (Lipinski definition) is 4. The molecule has 0 saturated carbocycles. The molecule has 6 atom stereocenters. The Bertz CT molecular complexity index is 1090. The predicted octanol–water partition coefficient (Wildman–Crippen LogP) is -0.0727. The van der Waals surface area contributed by atoms with Crippen LogP contribution in [0.15, 0.2) is 0 Å². The first-order chi connectivity index (χ1) is 16.3. The van der Waals surface area contributed by atoms with E-state index in [9.17, 15) is 25.2 Å². The third-order valence-corrected chi connectivity index (χ3v) is 7.43. The van der Waals surface area contributed by atoms with Crippen LogP contribution < -0.4 is 4.74 Å². The molecule has 186 valence electrons. The molecule has 4 N–H and O–H groups in total. The van der Waals surface area contributed by atoms with Crippen LogP contribution >= 0.6 is 0 Å². The van der Waals surface area contributed by atoms with Gasteiger partial charge >= 0.3 is 5.97 Å². The van der Waals surface area contributed by atoms with Crippen molar-refractivity contribution in [1.82, 2.24) is 19.7 Å². The topological polar surface area (TPSA) is 150 Å². The number of pyridine rings is 1. The van der Waals surface area contributed by atoms with Gasteiger partial charge in [-0.3, -0.25) is 4.68 Å². The lowest BCUT2D eigenvalue weighted by Gasteiger charge is -2.38. The zero-order valence-electron chi connectivity index (χ0n) is 19.4. The summed E-state index contributed by atoms with van der Waals surface area (Å²) in [5.41, 5.74) is 3.76. The van der Waals surface area contributed by atoms with Crippen molar-refractivity contribution in [2.75, 3.05) is 19.6 Å². The number of carbonyl (C=O) groups is 1. The van der Waals surface area contributed by atoms with Crippen LogP contribution in [0, 0.1) is 0 Å². The maximum absolute atomic E-state index is 11.5. The highest BCUT2D eigenvalue weighted by Crippen LogP contribution is 2.40. The molecule has 2 aliphatic heterocycles. The van der Waals surface area contributed by atoms with Crippen molar-refractivity contribution in [3.63, 3.8) is 0 Å². The lowest BCUT2D eigenvalue weighted by molar-refractivity contribution is -0.271. The van der Waals surface area contributed by atoms with Crippen LogP contribution in [-0.2, 0) is 29.4 Å². The second kappa shape index (κ2) is 9.04. The van der Waals surface area contributed by atoms with Gasteiger partial charge in [0.1, 0.15) is 18.3 Å². The Hall–Kier alpha value is -2.31. The maximum atomic E-state index is 11.5. The van der Waals surface area contributed by atoms with E-state index in [2.05, 4.69) is 11.8 Å². The average Bonchev–Trinajstić information content (AvgIpc) is 3.44. The number of aliphatic hydroxyl groups excluding tert-OH is 3. The van der Waals surface area contributed by atoms with Crippen molar-refractivity contribution in [3.8, 4) is 5.88 Å². The molecule has 11 nitrogen and oxygen atoms in total. The van der Waals surface area contributed by atoms with E-state index in [0.717, 1.165) is 73.9 Å². The molecule has 2 aromatic heterocycles. The third kappa shape index (κ3) is 3.85. The highest BCUT2D eigenvalue weighted by Gasteiger charge is 2.48. The van der Waals surface area contributed by atoms with Crippen LogP contribution in [0.4, 0.5) is 0 Å². The van der Waals surface area contributed by atoms with E-state index in [1.165, 1.54) is 0 Å². The van der Waals surface area contributed by atoms with Crippen molar-refractivity contribution in [2.45, 2.75) is 75.7 Å². The van der Waals surface area contributed by atoms with Crippen LogP contribution in [0.25, 0.3) is 11.0 Å². The number of fused-ring (bicyclic) bond motifs is 3. The minimum Gasteiger partial charge on any atom is -0.479 e. The number of carboxylic acid groups (broad SMARTS) is 1. The molecule has 2 aromatic rings. The van der Waals surface area contributed by atoms with Crippen molar-refractivity contribution >= 4 is 17.0 Å². The highest BCUT2D eigenvalue weighted by molar-refractivity contribution is 5.85. The number of rotatable bonds is 5. The number of nitrogens with zero attached hydrogens (tertiary/aromatic N) is 4. The lowest BCUT2D eigenvalue weighted by Crippen LogP contribution is -2.61. The van der Waals surface area contributed by atoms with Gasteiger partial charge in [-0.05, 0) is 50.8 Å². The first-order valence-electron chi connectivity index (χ1n) is 12.0. The summed E-state index contributed by atoms with van der Waals surface area (Å²) in [6, 6.07) is 0. The molecular formula is C23H32N4O7.